The molecule has 2 N–H and O–H groups in total. The lowest BCUT2D eigenvalue weighted by Crippen LogP contribution is -2.44. The molecule has 0 spiro atoms. The predicted octanol–water partition coefficient (Wildman–Crippen LogP) is 2.46. The van der Waals surface area contributed by atoms with Gasteiger partial charge in [0.25, 0.3) is 0 Å². The molecule has 18 heavy (non-hydrogen) atoms. The van der Waals surface area contributed by atoms with Crippen molar-refractivity contribution in [2.75, 3.05) is 6.54 Å². The van der Waals surface area contributed by atoms with Gasteiger partial charge in [0.05, 0.1) is 0 Å². The summed E-state index contributed by atoms with van der Waals surface area (Å²) >= 11 is 0. The van der Waals surface area contributed by atoms with Gasteiger partial charge in [-0.25, -0.2) is 0 Å². The van der Waals surface area contributed by atoms with Crippen molar-refractivity contribution in [2.24, 2.45) is 11.7 Å². The van der Waals surface area contributed by atoms with E-state index in [9.17, 15) is 4.79 Å². The van der Waals surface area contributed by atoms with Crippen LogP contribution in [0.5, 0.6) is 0 Å². The molecule has 0 saturated heterocycles. The van der Waals surface area contributed by atoms with Crippen molar-refractivity contribution in [1.82, 2.24) is 4.90 Å². The SMILES string of the molecule is C=CCN(C(=O)C1CCC(N)CC1)C1CCCC1. The Morgan fingerprint density at radius 2 is 1.78 bits per heavy atom. The molecule has 3 nitrogen and oxygen atoms in total. The van der Waals surface area contributed by atoms with E-state index >= 15 is 0 Å². The van der Waals surface area contributed by atoms with Crippen LogP contribution in [-0.4, -0.2) is 29.4 Å². The first-order valence-electron chi connectivity index (χ1n) is 7.39. The largest absolute Gasteiger partial charge is 0.336 e. The lowest BCUT2D eigenvalue weighted by atomic mass is 9.85. The van der Waals surface area contributed by atoms with Crippen LogP contribution in [0.25, 0.3) is 0 Å². The van der Waals surface area contributed by atoms with E-state index in [2.05, 4.69) is 11.5 Å². The van der Waals surface area contributed by atoms with Gasteiger partial charge in [-0.1, -0.05) is 18.9 Å². The number of carbonyl (C=O) groups excluding carboxylic acids is 1. The molecule has 102 valence electrons. The van der Waals surface area contributed by atoms with Gasteiger partial charge < -0.3 is 10.6 Å². The van der Waals surface area contributed by atoms with Crippen LogP contribution >= 0.6 is 0 Å². The Labute approximate surface area is 110 Å². The second-order valence-electron chi connectivity index (χ2n) is 5.83. The van der Waals surface area contributed by atoms with Crippen molar-refractivity contribution >= 4 is 5.91 Å². The number of nitrogens with zero attached hydrogens (tertiary/aromatic N) is 1. The Morgan fingerprint density at radius 3 is 2.33 bits per heavy atom. The van der Waals surface area contributed by atoms with E-state index in [1.807, 2.05) is 6.08 Å². The number of hydrogen-bond acceptors (Lipinski definition) is 2. The fourth-order valence-electron chi connectivity index (χ4n) is 3.37. The molecule has 0 aromatic carbocycles. The number of nitrogens with two attached hydrogens (primary N) is 1. The van der Waals surface area contributed by atoms with Gasteiger partial charge >= 0.3 is 0 Å². The Kier molecular flexibility index (Phi) is 4.81. The molecule has 2 saturated carbocycles. The summed E-state index contributed by atoms with van der Waals surface area (Å²) < 4.78 is 0. The summed E-state index contributed by atoms with van der Waals surface area (Å²) in [5.41, 5.74) is 5.91. The van der Waals surface area contributed by atoms with E-state index < -0.39 is 0 Å². The molecule has 2 rings (SSSR count). The smallest absolute Gasteiger partial charge is 0.226 e. The third-order valence-corrected chi connectivity index (χ3v) is 4.50. The highest BCUT2D eigenvalue weighted by Crippen LogP contribution is 2.29. The van der Waals surface area contributed by atoms with Crippen molar-refractivity contribution in [1.29, 1.82) is 0 Å². The summed E-state index contributed by atoms with van der Waals surface area (Å²) in [7, 11) is 0. The van der Waals surface area contributed by atoms with Crippen LogP contribution in [0.3, 0.4) is 0 Å². The fraction of sp³-hybridized carbons (Fsp3) is 0.800. The zero-order chi connectivity index (χ0) is 13.0. The number of hydrogen-bond donors (Lipinski definition) is 1. The van der Waals surface area contributed by atoms with Crippen LogP contribution in [0.15, 0.2) is 12.7 Å². The van der Waals surface area contributed by atoms with E-state index in [1.165, 1.54) is 25.7 Å². The molecule has 0 aromatic rings. The minimum Gasteiger partial charge on any atom is -0.336 e. The van der Waals surface area contributed by atoms with Gasteiger partial charge in [-0.05, 0) is 38.5 Å². The minimum atomic E-state index is 0.213. The summed E-state index contributed by atoms with van der Waals surface area (Å²) in [6.45, 7) is 4.51. The van der Waals surface area contributed by atoms with Crippen LogP contribution in [0, 0.1) is 5.92 Å². The summed E-state index contributed by atoms with van der Waals surface area (Å²) in [6, 6.07) is 0.777. The second kappa shape index (κ2) is 6.37. The molecule has 3 heteroatoms. The van der Waals surface area contributed by atoms with Crippen molar-refractivity contribution < 1.29 is 4.79 Å². The highest BCUT2D eigenvalue weighted by molar-refractivity contribution is 5.79. The zero-order valence-corrected chi connectivity index (χ0v) is 11.3. The van der Waals surface area contributed by atoms with Crippen LogP contribution in [-0.2, 0) is 4.79 Å². The Hall–Kier alpha value is -0.830. The molecule has 0 radical (unpaired) electrons. The number of rotatable bonds is 4. The molecule has 0 heterocycles. The zero-order valence-electron chi connectivity index (χ0n) is 11.3. The first kappa shape index (κ1) is 13.6. The molecular weight excluding hydrogens is 224 g/mol. The highest BCUT2D eigenvalue weighted by Gasteiger charge is 2.32. The molecule has 0 atom stereocenters. The average Bonchev–Trinajstić information content (AvgIpc) is 2.90. The fourth-order valence-corrected chi connectivity index (χ4v) is 3.37. The standard InChI is InChI=1S/C15H26N2O/c1-2-11-17(14-5-3-4-6-14)15(18)12-7-9-13(16)10-8-12/h2,12-14H,1,3-11,16H2. The Morgan fingerprint density at radius 1 is 1.17 bits per heavy atom. The van der Waals surface area contributed by atoms with Crippen LogP contribution in [0.2, 0.25) is 0 Å². The van der Waals surface area contributed by atoms with Crippen LogP contribution < -0.4 is 5.73 Å². The first-order chi connectivity index (χ1) is 8.72. The monoisotopic (exact) mass is 250 g/mol. The maximum Gasteiger partial charge on any atom is 0.226 e. The topological polar surface area (TPSA) is 46.3 Å². The quantitative estimate of drug-likeness (QED) is 0.779. The van der Waals surface area contributed by atoms with Gasteiger partial charge in [0.2, 0.25) is 5.91 Å². The van der Waals surface area contributed by atoms with Crippen molar-refractivity contribution in [3.63, 3.8) is 0 Å². The van der Waals surface area contributed by atoms with Crippen molar-refractivity contribution in [3.8, 4) is 0 Å². The Bertz CT molecular complexity index is 289. The summed E-state index contributed by atoms with van der Waals surface area (Å²) in [6.07, 6.45) is 10.7. The Balaban J connectivity index is 1.96. The third kappa shape index (κ3) is 3.14. The van der Waals surface area contributed by atoms with Gasteiger partial charge in [0.15, 0.2) is 0 Å². The molecule has 0 bridgehead atoms. The van der Waals surface area contributed by atoms with Crippen LogP contribution in [0.4, 0.5) is 0 Å². The van der Waals surface area contributed by atoms with E-state index in [0.29, 0.717) is 24.5 Å². The maximum absolute atomic E-state index is 12.6. The lowest BCUT2D eigenvalue weighted by Gasteiger charge is -2.34. The molecule has 0 aromatic heterocycles. The summed E-state index contributed by atoms with van der Waals surface area (Å²) in [5, 5.41) is 0. The summed E-state index contributed by atoms with van der Waals surface area (Å²) in [4.78, 5) is 14.7. The maximum atomic E-state index is 12.6. The normalized spacial score (nSPS) is 29.2. The number of amides is 1. The van der Waals surface area contributed by atoms with Gasteiger partial charge in [-0.3, -0.25) is 4.79 Å². The molecule has 2 aliphatic rings. The minimum absolute atomic E-state index is 0.213. The first-order valence-corrected chi connectivity index (χ1v) is 7.39. The highest BCUT2D eigenvalue weighted by atomic mass is 16.2. The van der Waals surface area contributed by atoms with E-state index in [4.69, 9.17) is 5.73 Å². The van der Waals surface area contributed by atoms with Gasteiger partial charge in [-0.15, -0.1) is 6.58 Å². The van der Waals surface area contributed by atoms with Gasteiger partial charge in [-0.2, -0.15) is 0 Å². The van der Waals surface area contributed by atoms with Crippen molar-refractivity contribution in [3.05, 3.63) is 12.7 Å². The molecule has 0 aliphatic heterocycles. The average molecular weight is 250 g/mol. The van der Waals surface area contributed by atoms with Gasteiger partial charge in [0.1, 0.15) is 0 Å². The molecule has 1 amide bonds. The van der Waals surface area contributed by atoms with E-state index in [1.54, 1.807) is 0 Å². The van der Waals surface area contributed by atoms with Gasteiger partial charge in [0, 0.05) is 24.5 Å². The van der Waals surface area contributed by atoms with E-state index in [0.717, 1.165) is 25.7 Å². The molecule has 0 unspecified atom stereocenters. The molecule has 2 fully saturated rings. The lowest BCUT2D eigenvalue weighted by molar-refractivity contribution is -0.138. The molecule has 2 aliphatic carbocycles. The van der Waals surface area contributed by atoms with E-state index in [-0.39, 0.29) is 5.92 Å². The predicted molar refractivity (Wildman–Crippen MR) is 74.1 cm³/mol. The van der Waals surface area contributed by atoms with Crippen molar-refractivity contribution in [2.45, 2.75) is 63.5 Å². The summed E-state index contributed by atoms with van der Waals surface area (Å²) in [5.74, 6) is 0.569. The van der Waals surface area contributed by atoms with Crippen LogP contribution in [0.1, 0.15) is 51.4 Å². The third-order valence-electron chi connectivity index (χ3n) is 4.50. The second-order valence-corrected chi connectivity index (χ2v) is 5.83. The number of carbonyl (C=O) groups is 1. The molecular formula is C15H26N2O.